The summed E-state index contributed by atoms with van der Waals surface area (Å²) in [5, 5.41) is 0. The van der Waals surface area contributed by atoms with E-state index < -0.39 is 54.6 Å². The van der Waals surface area contributed by atoms with Crippen LogP contribution < -0.4 is 0 Å². The predicted molar refractivity (Wildman–Crippen MR) is 284 cm³/mol. The van der Waals surface area contributed by atoms with Crippen molar-refractivity contribution < 1.29 is 42.9 Å². The van der Waals surface area contributed by atoms with E-state index in [0.29, 0.717) is 19.3 Å². The predicted octanol–water partition coefficient (Wildman–Crippen LogP) is 17.0. The summed E-state index contributed by atoms with van der Waals surface area (Å²) in [4.78, 5) is 64.6. The van der Waals surface area contributed by atoms with Gasteiger partial charge >= 0.3 is 23.9 Å². The smallest absolute Gasteiger partial charge is 0.379 e. The maximum Gasteiger partial charge on any atom is 0.379 e. The van der Waals surface area contributed by atoms with Crippen LogP contribution in [0.5, 0.6) is 0 Å². The van der Waals surface area contributed by atoms with Crippen molar-refractivity contribution in [1.29, 1.82) is 0 Å². The zero-order valence-electron chi connectivity index (χ0n) is 44.8. The molecule has 69 heavy (non-hydrogen) atoms. The van der Waals surface area contributed by atoms with Crippen molar-refractivity contribution in [3.05, 3.63) is 36.5 Å². The lowest BCUT2D eigenvalue weighted by molar-refractivity contribution is -0.178. The second-order valence-corrected chi connectivity index (χ2v) is 19.9. The number of carbonyl (C=O) groups excluding carboxylic acids is 5. The highest BCUT2D eigenvalue weighted by molar-refractivity contribution is 6.37. The second-order valence-electron chi connectivity index (χ2n) is 19.9. The molecule has 0 saturated carbocycles. The van der Waals surface area contributed by atoms with Crippen LogP contribution >= 0.6 is 0 Å². The molecule has 0 aromatic carbocycles. The Morgan fingerprint density at radius 1 is 0.420 bits per heavy atom. The summed E-state index contributed by atoms with van der Waals surface area (Å²) >= 11 is 0. The van der Waals surface area contributed by atoms with E-state index in [2.05, 4.69) is 57.2 Å². The fourth-order valence-corrected chi connectivity index (χ4v) is 8.79. The Hall–Kier alpha value is -3.23. The van der Waals surface area contributed by atoms with Gasteiger partial charge in [-0.15, -0.1) is 0 Å². The van der Waals surface area contributed by atoms with Gasteiger partial charge in [-0.2, -0.15) is 0 Å². The van der Waals surface area contributed by atoms with Crippen LogP contribution in [-0.4, -0.2) is 54.6 Å². The molecular weight excluding hydrogens is 865 g/mol. The molecule has 0 bridgehead atoms. The number of unbranched alkanes of at least 4 members (excludes halogenated alkanes) is 33. The Kier molecular flexibility index (Phi) is 44.7. The van der Waals surface area contributed by atoms with Crippen LogP contribution in [0, 0.1) is 0 Å². The van der Waals surface area contributed by atoms with Gasteiger partial charge in [0.25, 0.3) is 5.78 Å². The van der Waals surface area contributed by atoms with E-state index in [9.17, 15) is 24.0 Å². The number of allylic oxidation sites excluding steroid dienone is 6. The molecule has 1 heterocycles. The van der Waals surface area contributed by atoms with Crippen LogP contribution in [0.1, 0.15) is 290 Å². The van der Waals surface area contributed by atoms with Gasteiger partial charge in [-0.25, -0.2) is 4.79 Å². The Morgan fingerprint density at radius 2 is 0.725 bits per heavy atom. The number of carbonyl (C=O) groups is 5. The lowest BCUT2D eigenvalue weighted by Crippen LogP contribution is -2.45. The molecule has 0 aromatic rings. The maximum atomic E-state index is 13.2. The zero-order chi connectivity index (χ0) is 50.1. The Bertz CT molecular complexity index is 1350. The molecule has 398 valence electrons. The van der Waals surface area contributed by atoms with Crippen LogP contribution in [0.15, 0.2) is 36.5 Å². The highest BCUT2D eigenvalue weighted by atomic mass is 16.6. The van der Waals surface area contributed by atoms with E-state index in [1.807, 2.05) is 0 Å². The third-order valence-corrected chi connectivity index (χ3v) is 13.2. The minimum Gasteiger partial charge on any atom is -0.462 e. The van der Waals surface area contributed by atoms with Gasteiger partial charge in [0.05, 0.1) is 0 Å². The fraction of sp³-hybridized carbons (Fsp3) is 0.817. The zero-order valence-corrected chi connectivity index (χ0v) is 44.8. The Labute approximate surface area is 422 Å². The van der Waals surface area contributed by atoms with Crippen LogP contribution in [0.3, 0.4) is 0 Å². The molecule has 0 aliphatic carbocycles. The number of rotatable bonds is 50. The highest BCUT2D eigenvalue weighted by Crippen LogP contribution is 2.24. The molecule has 9 heteroatoms. The van der Waals surface area contributed by atoms with Gasteiger partial charge in [-0.3, -0.25) is 19.2 Å². The van der Waals surface area contributed by atoms with E-state index in [0.717, 1.165) is 116 Å². The normalized spacial score (nSPS) is 15.5. The van der Waals surface area contributed by atoms with Crippen LogP contribution in [0.25, 0.3) is 0 Å². The summed E-state index contributed by atoms with van der Waals surface area (Å²) in [6.45, 7) is 6.33. The number of ether oxygens (including phenoxy) is 4. The minimum atomic E-state index is -1.57. The molecule has 1 unspecified atom stereocenters. The number of hydrogen-bond acceptors (Lipinski definition) is 9. The summed E-state index contributed by atoms with van der Waals surface area (Å²) < 4.78 is 22.3. The largest absolute Gasteiger partial charge is 0.462 e. The molecule has 0 spiro atoms. The molecule has 0 aromatic heterocycles. The van der Waals surface area contributed by atoms with Crippen molar-refractivity contribution in [2.75, 3.05) is 6.61 Å². The third kappa shape index (κ3) is 39.1. The number of cyclic esters (lactones) is 1. The summed E-state index contributed by atoms with van der Waals surface area (Å²) in [7, 11) is 0. The van der Waals surface area contributed by atoms with Crippen LogP contribution in [-0.2, 0) is 42.9 Å². The van der Waals surface area contributed by atoms with E-state index in [1.165, 1.54) is 116 Å². The van der Waals surface area contributed by atoms with Gasteiger partial charge < -0.3 is 18.9 Å². The topological polar surface area (TPSA) is 122 Å². The van der Waals surface area contributed by atoms with E-state index in [-0.39, 0.29) is 19.3 Å². The summed E-state index contributed by atoms with van der Waals surface area (Å²) in [5.74, 6) is -3.78. The molecule has 1 rings (SSSR count). The van der Waals surface area contributed by atoms with Crippen LogP contribution in [0.2, 0.25) is 0 Å². The first-order chi connectivity index (χ1) is 33.8. The van der Waals surface area contributed by atoms with Crippen molar-refractivity contribution in [3.63, 3.8) is 0 Å². The Morgan fingerprint density at radius 3 is 1.09 bits per heavy atom. The lowest BCUT2D eigenvalue weighted by Gasteiger charge is -2.25. The lowest BCUT2D eigenvalue weighted by atomic mass is 10.1. The highest BCUT2D eigenvalue weighted by Gasteiger charge is 2.51. The maximum absolute atomic E-state index is 13.2. The number of ketones is 1. The van der Waals surface area contributed by atoms with E-state index >= 15 is 0 Å². The molecule has 3 atom stereocenters. The molecule has 1 aliphatic heterocycles. The molecule has 9 nitrogen and oxygen atoms in total. The SMILES string of the molecule is CCCCCCCCC=CCCCCCCCC(=O)OC[C@H](OC(=O)CCCCCCCC=CCCCCCCCC)[C@H]1OC(=O)C(=O)C1OC(=O)CCCCCCCC=CCCCCCCCC. The van der Waals surface area contributed by atoms with Crippen molar-refractivity contribution in [2.24, 2.45) is 0 Å². The summed E-state index contributed by atoms with van der Waals surface area (Å²) in [6, 6.07) is 0. The van der Waals surface area contributed by atoms with E-state index in [4.69, 9.17) is 18.9 Å². The molecule has 0 N–H and O–H groups in total. The van der Waals surface area contributed by atoms with Crippen molar-refractivity contribution in [2.45, 2.75) is 309 Å². The summed E-state index contributed by atoms with van der Waals surface area (Å²) in [6.07, 6.45) is 54.4. The quantitative estimate of drug-likeness (QED) is 0.0193. The van der Waals surface area contributed by atoms with Gasteiger partial charge in [-0.05, 0) is 96.3 Å². The molecule has 0 amide bonds. The average Bonchev–Trinajstić information content (AvgIpc) is 3.62. The number of esters is 4. The summed E-state index contributed by atoms with van der Waals surface area (Å²) in [5.41, 5.74) is 0. The van der Waals surface area contributed by atoms with Gasteiger partial charge in [0, 0.05) is 19.3 Å². The number of Topliss-reactive ketones (excluding diaryl/α,β-unsaturated/α-hetero) is 1. The molecule has 0 radical (unpaired) electrons. The Balaban J connectivity index is 2.56. The third-order valence-electron chi connectivity index (χ3n) is 13.2. The van der Waals surface area contributed by atoms with Crippen molar-refractivity contribution in [1.82, 2.24) is 0 Å². The average molecular weight is 969 g/mol. The minimum absolute atomic E-state index is 0.0910. The molecule has 1 saturated heterocycles. The van der Waals surface area contributed by atoms with Crippen LogP contribution in [0.4, 0.5) is 0 Å². The van der Waals surface area contributed by atoms with Gasteiger partial charge in [0.2, 0.25) is 6.10 Å². The van der Waals surface area contributed by atoms with E-state index in [1.54, 1.807) is 0 Å². The second kappa shape index (κ2) is 48.4. The van der Waals surface area contributed by atoms with Gasteiger partial charge in [0.15, 0.2) is 12.2 Å². The number of hydrogen-bond donors (Lipinski definition) is 0. The first-order valence-electron chi connectivity index (χ1n) is 29.1. The first-order valence-corrected chi connectivity index (χ1v) is 29.1. The monoisotopic (exact) mass is 969 g/mol. The molecule has 1 fully saturated rings. The van der Waals surface area contributed by atoms with Gasteiger partial charge in [0.1, 0.15) is 6.61 Å². The van der Waals surface area contributed by atoms with Crippen molar-refractivity contribution >= 4 is 29.7 Å². The van der Waals surface area contributed by atoms with Gasteiger partial charge in [-0.1, -0.05) is 211 Å². The molecule has 1 aliphatic rings. The fourth-order valence-electron chi connectivity index (χ4n) is 8.79. The first kappa shape index (κ1) is 63.8. The van der Waals surface area contributed by atoms with Crippen molar-refractivity contribution in [3.8, 4) is 0 Å². The molecular formula is C60H104O9. The standard InChI is InChI=1S/C60H104O9/c1-4-7-10-13-16-19-22-25-28-31-34-37-40-43-46-49-54(61)66-52-53(67-55(62)50-47-44-41-38-35-32-29-26-23-20-17-14-11-8-5-2)58-59(57(64)60(65)69-58)68-56(63)51-48-45-42-39-36-33-30-27-24-21-18-15-12-9-6-3/h25-30,53,58-59H,4-24,31-52H2,1-3H3/t53-,58+,59?/m0/s1.